The van der Waals surface area contributed by atoms with Crippen molar-refractivity contribution in [3.63, 3.8) is 0 Å². The number of fused-ring (bicyclic) bond motifs is 1. The molecule has 1 heterocycles. The van der Waals surface area contributed by atoms with Crippen LogP contribution in [0.15, 0.2) is 18.2 Å². The van der Waals surface area contributed by atoms with Crippen LogP contribution in [0.5, 0.6) is 0 Å². The van der Waals surface area contributed by atoms with E-state index in [9.17, 15) is 0 Å². The van der Waals surface area contributed by atoms with Gasteiger partial charge in [-0.25, -0.2) is 0 Å². The van der Waals surface area contributed by atoms with Crippen molar-refractivity contribution in [1.82, 2.24) is 4.57 Å². The van der Waals surface area contributed by atoms with Crippen molar-refractivity contribution in [3.05, 3.63) is 34.5 Å². The molecule has 0 aliphatic rings. The standard InChI is InChI=1S/C11H12ClN/c1-7-5-4-6-9-8(2)11(12)13(3)10(7)9/h4-6H,1-3H3. The summed E-state index contributed by atoms with van der Waals surface area (Å²) in [6.45, 7) is 4.17. The minimum atomic E-state index is 0.837. The predicted molar refractivity (Wildman–Crippen MR) is 57.4 cm³/mol. The molecule has 0 aliphatic carbocycles. The summed E-state index contributed by atoms with van der Waals surface area (Å²) in [7, 11) is 2.00. The summed E-state index contributed by atoms with van der Waals surface area (Å²) >= 11 is 6.16. The quantitative estimate of drug-likeness (QED) is 0.604. The van der Waals surface area contributed by atoms with Crippen molar-refractivity contribution in [1.29, 1.82) is 0 Å². The third-order valence-electron chi connectivity index (χ3n) is 2.58. The molecule has 0 atom stereocenters. The molecule has 2 aromatic rings. The van der Waals surface area contributed by atoms with Crippen molar-refractivity contribution in [2.45, 2.75) is 13.8 Å². The second-order valence-corrected chi connectivity index (χ2v) is 3.80. The molecule has 1 aromatic heterocycles. The van der Waals surface area contributed by atoms with Crippen molar-refractivity contribution in [2.24, 2.45) is 7.05 Å². The van der Waals surface area contributed by atoms with Crippen LogP contribution < -0.4 is 0 Å². The highest BCUT2D eigenvalue weighted by molar-refractivity contribution is 6.32. The molecule has 0 unspecified atom stereocenters. The van der Waals surface area contributed by atoms with Gasteiger partial charge in [0.05, 0.1) is 5.52 Å². The zero-order valence-electron chi connectivity index (χ0n) is 8.06. The number of rotatable bonds is 0. The molecule has 0 fully saturated rings. The monoisotopic (exact) mass is 193 g/mol. The first-order valence-electron chi connectivity index (χ1n) is 4.33. The summed E-state index contributed by atoms with van der Waals surface area (Å²) in [4.78, 5) is 0. The van der Waals surface area contributed by atoms with Crippen LogP contribution in [0.2, 0.25) is 5.15 Å². The molecule has 0 spiro atoms. The van der Waals surface area contributed by atoms with Gasteiger partial charge in [0.25, 0.3) is 0 Å². The molecular formula is C11H12ClN. The van der Waals surface area contributed by atoms with E-state index in [1.165, 1.54) is 22.0 Å². The van der Waals surface area contributed by atoms with E-state index in [1.807, 2.05) is 11.6 Å². The first-order chi connectivity index (χ1) is 6.13. The average Bonchev–Trinajstić information content (AvgIpc) is 2.33. The van der Waals surface area contributed by atoms with Gasteiger partial charge in [-0.3, -0.25) is 0 Å². The number of benzene rings is 1. The molecular weight excluding hydrogens is 182 g/mol. The van der Waals surface area contributed by atoms with Gasteiger partial charge in [-0.05, 0) is 25.0 Å². The highest BCUT2D eigenvalue weighted by atomic mass is 35.5. The number of halogens is 1. The van der Waals surface area contributed by atoms with Crippen LogP contribution in [0.3, 0.4) is 0 Å². The third-order valence-corrected chi connectivity index (χ3v) is 3.12. The fourth-order valence-corrected chi connectivity index (χ4v) is 2.05. The zero-order chi connectivity index (χ0) is 9.59. The van der Waals surface area contributed by atoms with Crippen LogP contribution >= 0.6 is 11.6 Å². The Kier molecular flexibility index (Phi) is 1.85. The molecule has 0 radical (unpaired) electrons. The van der Waals surface area contributed by atoms with Crippen LogP contribution in [0.1, 0.15) is 11.1 Å². The maximum absolute atomic E-state index is 6.16. The number of nitrogens with zero attached hydrogens (tertiary/aromatic N) is 1. The lowest BCUT2D eigenvalue weighted by atomic mass is 10.1. The van der Waals surface area contributed by atoms with Gasteiger partial charge >= 0.3 is 0 Å². The van der Waals surface area contributed by atoms with E-state index in [4.69, 9.17) is 11.6 Å². The lowest BCUT2D eigenvalue weighted by molar-refractivity contribution is 0.960. The van der Waals surface area contributed by atoms with E-state index in [1.54, 1.807) is 0 Å². The lowest BCUT2D eigenvalue weighted by Crippen LogP contribution is -1.88. The number of hydrogen-bond donors (Lipinski definition) is 0. The molecule has 0 N–H and O–H groups in total. The average molecular weight is 194 g/mol. The van der Waals surface area contributed by atoms with Crippen LogP contribution in [-0.2, 0) is 7.05 Å². The van der Waals surface area contributed by atoms with Crippen molar-refractivity contribution in [3.8, 4) is 0 Å². The largest absolute Gasteiger partial charge is 0.334 e. The highest BCUT2D eigenvalue weighted by Crippen LogP contribution is 2.29. The van der Waals surface area contributed by atoms with Gasteiger partial charge in [0.2, 0.25) is 0 Å². The normalized spacial score (nSPS) is 11.1. The molecule has 0 bridgehead atoms. The molecule has 13 heavy (non-hydrogen) atoms. The Morgan fingerprint density at radius 3 is 2.54 bits per heavy atom. The Morgan fingerprint density at radius 2 is 1.92 bits per heavy atom. The van der Waals surface area contributed by atoms with E-state index < -0.39 is 0 Å². The lowest BCUT2D eigenvalue weighted by Gasteiger charge is -2.00. The zero-order valence-corrected chi connectivity index (χ0v) is 8.81. The topological polar surface area (TPSA) is 4.93 Å². The number of hydrogen-bond acceptors (Lipinski definition) is 0. The first-order valence-corrected chi connectivity index (χ1v) is 4.71. The second kappa shape index (κ2) is 2.78. The smallest absolute Gasteiger partial charge is 0.112 e. The van der Waals surface area contributed by atoms with Gasteiger partial charge in [-0.2, -0.15) is 0 Å². The number of para-hydroxylation sites is 1. The molecule has 1 nitrogen and oxygen atoms in total. The maximum atomic E-state index is 6.16. The fourth-order valence-electron chi connectivity index (χ4n) is 1.87. The number of aromatic nitrogens is 1. The van der Waals surface area contributed by atoms with Crippen molar-refractivity contribution in [2.75, 3.05) is 0 Å². The Hall–Kier alpha value is -0.950. The van der Waals surface area contributed by atoms with Crippen molar-refractivity contribution < 1.29 is 0 Å². The minimum Gasteiger partial charge on any atom is -0.334 e. The van der Waals surface area contributed by atoms with Crippen LogP contribution in [-0.4, -0.2) is 4.57 Å². The molecule has 0 aliphatic heterocycles. The molecule has 0 saturated heterocycles. The fraction of sp³-hybridized carbons (Fsp3) is 0.273. The van der Waals surface area contributed by atoms with Gasteiger partial charge in [-0.1, -0.05) is 29.8 Å². The van der Waals surface area contributed by atoms with E-state index in [-0.39, 0.29) is 0 Å². The summed E-state index contributed by atoms with van der Waals surface area (Å²) < 4.78 is 2.04. The first kappa shape index (κ1) is 8.64. The summed E-state index contributed by atoms with van der Waals surface area (Å²) in [6, 6.07) is 6.29. The van der Waals surface area contributed by atoms with Crippen LogP contribution in [0.25, 0.3) is 10.9 Å². The predicted octanol–water partition coefficient (Wildman–Crippen LogP) is 3.45. The summed E-state index contributed by atoms with van der Waals surface area (Å²) in [5.41, 5.74) is 3.68. The van der Waals surface area contributed by atoms with E-state index in [0.29, 0.717) is 0 Å². The van der Waals surface area contributed by atoms with Gasteiger partial charge in [0.1, 0.15) is 5.15 Å². The molecule has 0 saturated carbocycles. The Bertz CT molecular complexity index is 468. The van der Waals surface area contributed by atoms with Crippen LogP contribution in [0, 0.1) is 13.8 Å². The van der Waals surface area contributed by atoms with Gasteiger partial charge in [0.15, 0.2) is 0 Å². The Balaban J connectivity index is 3.03. The highest BCUT2D eigenvalue weighted by Gasteiger charge is 2.10. The van der Waals surface area contributed by atoms with Crippen LogP contribution in [0.4, 0.5) is 0 Å². The second-order valence-electron chi connectivity index (χ2n) is 3.45. The van der Waals surface area contributed by atoms with Gasteiger partial charge in [-0.15, -0.1) is 0 Å². The number of aryl methyl sites for hydroxylation is 3. The summed E-state index contributed by atoms with van der Waals surface area (Å²) in [5, 5.41) is 2.09. The van der Waals surface area contributed by atoms with E-state index in [0.717, 1.165) is 5.15 Å². The van der Waals surface area contributed by atoms with Gasteiger partial charge in [0, 0.05) is 12.4 Å². The van der Waals surface area contributed by atoms with Gasteiger partial charge < -0.3 is 4.57 Å². The van der Waals surface area contributed by atoms with Crippen molar-refractivity contribution >= 4 is 22.5 Å². The molecule has 68 valence electrons. The minimum absolute atomic E-state index is 0.837. The molecule has 1 aromatic carbocycles. The van der Waals surface area contributed by atoms with E-state index in [2.05, 4.69) is 32.0 Å². The Labute approximate surface area is 82.9 Å². The van der Waals surface area contributed by atoms with E-state index >= 15 is 0 Å². The third kappa shape index (κ3) is 1.07. The Morgan fingerprint density at radius 1 is 1.23 bits per heavy atom. The SMILES string of the molecule is Cc1c(Cl)n(C)c2c(C)cccc12. The summed E-state index contributed by atoms with van der Waals surface area (Å²) in [5.74, 6) is 0. The molecule has 2 rings (SSSR count). The molecule has 0 amide bonds. The summed E-state index contributed by atoms with van der Waals surface area (Å²) in [6.07, 6.45) is 0. The maximum Gasteiger partial charge on any atom is 0.112 e. The molecule has 2 heteroatoms.